The molecule has 0 unspecified atom stereocenters. The second-order valence-corrected chi connectivity index (χ2v) is 11.2. The van der Waals surface area contributed by atoms with Crippen LogP contribution in [0.4, 0.5) is 0 Å². The molecule has 0 fully saturated rings. The SMILES string of the molecule is Cc1ccc(O/C=C/C(=O)c2cc(C(C)(C)C)c(O)c(C(C)(C)C)c2)c(-n2nc3ccccc3n2)c1. The lowest BCUT2D eigenvalue weighted by atomic mass is 9.78. The molecule has 0 saturated carbocycles. The van der Waals surface area contributed by atoms with Gasteiger partial charge in [0.15, 0.2) is 11.5 Å². The van der Waals surface area contributed by atoms with Gasteiger partial charge in [-0.25, -0.2) is 0 Å². The molecule has 4 aromatic rings. The molecule has 0 spiro atoms. The summed E-state index contributed by atoms with van der Waals surface area (Å²) < 4.78 is 5.90. The van der Waals surface area contributed by atoms with Gasteiger partial charge in [-0.05, 0) is 59.7 Å². The van der Waals surface area contributed by atoms with Crippen molar-refractivity contribution in [2.24, 2.45) is 0 Å². The summed E-state index contributed by atoms with van der Waals surface area (Å²) in [6.45, 7) is 14.1. The predicted molar refractivity (Wildman–Crippen MR) is 143 cm³/mol. The summed E-state index contributed by atoms with van der Waals surface area (Å²) in [6.07, 6.45) is 2.79. The second kappa shape index (κ2) is 9.26. The number of rotatable bonds is 5. The molecule has 4 rings (SSSR count). The van der Waals surface area contributed by atoms with Crippen molar-refractivity contribution in [3.05, 3.63) is 89.2 Å². The van der Waals surface area contributed by atoms with Crippen molar-refractivity contribution in [3.8, 4) is 17.2 Å². The highest BCUT2D eigenvalue weighted by Crippen LogP contribution is 2.40. The van der Waals surface area contributed by atoms with E-state index in [1.54, 1.807) is 16.9 Å². The van der Waals surface area contributed by atoms with E-state index in [9.17, 15) is 9.90 Å². The van der Waals surface area contributed by atoms with Gasteiger partial charge in [-0.15, -0.1) is 15.0 Å². The smallest absolute Gasteiger partial charge is 0.188 e. The van der Waals surface area contributed by atoms with Crippen LogP contribution in [-0.4, -0.2) is 25.9 Å². The van der Waals surface area contributed by atoms with E-state index in [1.807, 2.05) is 90.9 Å². The van der Waals surface area contributed by atoms with E-state index in [2.05, 4.69) is 10.2 Å². The molecular formula is C30H33N3O3. The van der Waals surface area contributed by atoms with E-state index in [0.717, 1.165) is 27.7 Å². The molecule has 0 saturated heterocycles. The highest BCUT2D eigenvalue weighted by atomic mass is 16.5. The number of aromatic nitrogens is 3. The van der Waals surface area contributed by atoms with Gasteiger partial charge in [0.05, 0.1) is 6.26 Å². The number of phenolic OH excluding ortho intramolecular Hbond substituents is 1. The second-order valence-electron chi connectivity index (χ2n) is 11.2. The van der Waals surface area contributed by atoms with Crippen LogP contribution in [0.1, 0.15) is 68.6 Å². The maximum absolute atomic E-state index is 13.2. The Kier molecular flexibility index (Phi) is 6.48. The summed E-state index contributed by atoms with van der Waals surface area (Å²) >= 11 is 0. The molecule has 6 heteroatoms. The van der Waals surface area contributed by atoms with Crippen LogP contribution >= 0.6 is 0 Å². The van der Waals surface area contributed by atoms with Gasteiger partial charge < -0.3 is 9.84 Å². The highest BCUT2D eigenvalue weighted by Gasteiger charge is 2.27. The van der Waals surface area contributed by atoms with Gasteiger partial charge in [-0.3, -0.25) is 4.79 Å². The number of aryl methyl sites for hydroxylation is 1. The van der Waals surface area contributed by atoms with Gasteiger partial charge in [0.2, 0.25) is 0 Å². The minimum absolute atomic E-state index is 0.206. The van der Waals surface area contributed by atoms with Gasteiger partial charge in [-0.2, -0.15) is 0 Å². The van der Waals surface area contributed by atoms with Crippen molar-refractivity contribution < 1.29 is 14.6 Å². The van der Waals surface area contributed by atoms with Crippen molar-refractivity contribution in [2.75, 3.05) is 0 Å². The van der Waals surface area contributed by atoms with E-state index < -0.39 is 0 Å². The number of fused-ring (bicyclic) bond motifs is 1. The van der Waals surface area contributed by atoms with Gasteiger partial charge >= 0.3 is 0 Å². The molecule has 1 heterocycles. The summed E-state index contributed by atoms with van der Waals surface area (Å²) in [5, 5.41) is 20.1. The number of ether oxygens (including phenoxy) is 1. The third kappa shape index (κ3) is 5.18. The van der Waals surface area contributed by atoms with Gasteiger partial charge in [0.25, 0.3) is 0 Å². The summed E-state index contributed by atoms with van der Waals surface area (Å²) in [5.41, 5.74) is 4.63. The summed E-state index contributed by atoms with van der Waals surface area (Å²) in [7, 11) is 0. The average molecular weight is 484 g/mol. The Labute approximate surface area is 212 Å². The first kappa shape index (κ1) is 25.2. The summed E-state index contributed by atoms with van der Waals surface area (Å²) in [4.78, 5) is 14.7. The quantitative estimate of drug-likeness (QED) is 0.192. The van der Waals surface area contributed by atoms with Gasteiger partial charge in [-0.1, -0.05) is 59.7 Å². The van der Waals surface area contributed by atoms with E-state index >= 15 is 0 Å². The van der Waals surface area contributed by atoms with Crippen LogP contribution in [0, 0.1) is 6.92 Å². The number of nitrogens with zero attached hydrogens (tertiary/aromatic N) is 3. The lowest BCUT2D eigenvalue weighted by Gasteiger charge is -2.27. The zero-order valence-electron chi connectivity index (χ0n) is 22.0. The Balaban J connectivity index is 1.65. The number of aromatic hydroxyl groups is 1. The minimum Gasteiger partial charge on any atom is -0.507 e. The normalized spacial score (nSPS) is 12.4. The van der Waals surface area contributed by atoms with Crippen LogP contribution in [-0.2, 0) is 10.8 Å². The Morgan fingerprint density at radius 1 is 0.889 bits per heavy atom. The first-order chi connectivity index (χ1) is 16.8. The maximum atomic E-state index is 13.2. The maximum Gasteiger partial charge on any atom is 0.188 e. The monoisotopic (exact) mass is 483 g/mol. The Bertz CT molecular complexity index is 1400. The first-order valence-corrected chi connectivity index (χ1v) is 12.0. The van der Waals surface area contributed by atoms with Crippen molar-refractivity contribution in [3.63, 3.8) is 0 Å². The zero-order valence-corrected chi connectivity index (χ0v) is 22.0. The number of benzene rings is 3. The fourth-order valence-electron chi connectivity index (χ4n) is 4.04. The fourth-order valence-corrected chi connectivity index (χ4v) is 4.04. The molecule has 1 aromatic heterocycles. The highest BCUT2D eigenvalue weighted by molar-refractivity contribution is 6.05. The topological polar surface area (TPSA) is 77.2 Å². The Morgan fingerprint density at radius 2 is 1.44 bits per heavy atom. The molecule has 0 amide bonds. The van der Waals surface area contributed by atoms with Gasteiger partial charge in [0.1, 0.15) is 22.5 Å². The molecular weight excluding hydrogens is 450 g/mol. The summed E-state index contributed by atoms with van der Waals surface area (Å²) in [6, 6.07) is 16.9. The number of hydrogen-bond acceptors (Lipinski definition) is 5. The molecule has 6 nitrogen and oxygen atoms in total. The third-order valence-electron chi connectivity index (χ3n) is 6.04. The van der Waals surface area contributed by atoms with Crippen molar-refractivity contribution in [2.45, 2.75) is 59.3 Å². The van der Waals surface area contributed by atoms with Crippen LogP contribution in [0.3, 0.4) is 0 Å². The molecule has 186 valence electrons. The largest absolute Gasteiger partial charge is 0.507 e. The molecule has 3 aromatic carbocycles. The van der Waals surface area contributed by atoms with E-state index in [4.69, 9.17) is 4.74 Å². The van der Waals surface area contributed by atoms with Crippen LogP contribution < -0.4 is 4.74 Å². The molecule has 0 aliphatic rings. The zero-order chi connectivity index (χ0) is 26.3. The summed E-state index contributed by atoms with van der Waals surface area (Å²) in [5.74, 6) is 0.569. The van der Waals surface area contributed by atoms with E-state index in [0.29, 0.717) is 17.0 Å². The van der Waals surface area contributed by atoms with Crippen LogP contribution in [0.2, 0.25) is 0 Å². The van der Waals surface area contributed by atoms with Crippen LogP contribution in [0.15, 0.2) is 66.9 Å². The number of allylic oxidation sites excluding steroid dienone is 1. The molecule has 1 N–H and O–H groups in total. The number of ketones is 1. The standard InChI is InChI=1S/C30H33N3O3/c1-19-12-13-27(25(16-19)33-31-23-10-8-9-11-24(23)32-33)36-15-14-26(34)20-17-21(29(2,3)4)28(35)22(18-20)30(5,6)7/h8-18,35H,1-7H3/b15-14+. The number of hydrogen-bond donors (Lipinski definition) is 1. The lowest BCUT2D eigenvalue weighted by molar-refractivity contribution is 0.104. The average Bonchev–Trinajstić information content (AvgIpc) is 3.22. The predicted octanol–water partition coefficient (Wildman–Crippen LogP) is 6.80. The van der Waals surface area contributed by atoms with E-state index in [1.165, 1.54) is 12.3 Å². The lowest BCUT2D eigenvalue weighted by Crippen LogP contribution is -2.18. The van der Waals surface area contributed by atoms with Crippen LogP contribution in [0.25, 0.3) is 16.7 Å². The van der Waals surface area contributed by atoms with Crippen molar-refractivity contribution in [1.29, 1.82) is 0 Å². The third-order valence-corrected chi connectivity index (χ3v) is 6.04. The van der Waals surface area contributed by atoms with Gasteiger partial charge in [0, 0.05) is 22.8 Å². The molecule has 36 heavy (non-hydrogen) atoms. The molecule has 0 radical (unpaired) electrons. The number of carbonyl (C=O) groups excluding carboxylic acids is 1. The first-order valence-electron chi connectivity index (χ1n) is 12.0. The fraction of sp³-hybridized carbons (Fsp3) is 0.300. The van der Waals surface area contributed by atoms with Crippen molar-refractivity contribution >= 4 is 16.8 Å². The molecule has 0 aliphatic heterocycles. The van der Waals surface area contributed by atoms with E-state index in [-0.39, 0.29) is 22.4 Å². The van der Waals surface area contributed by atoms with Crippen LogP contribution in [0.5, 0.6) is 11.5 Å². The molecule has 0 atom stereocenters. The Morgan fingerprint density at radius 3 is 1.97 bits per heavy atom. The minimum atomic E-state index is -0.322. The molecule has 0 aliphatic carbocycles. The van der Waals surface area contributed by atoms with Crippen molar-refractivity contribution in [1.82, 2.24) is 15.0 Å². The number of phenols is 1. The molecule has 0 bridgehead atoms. The Hall–Kier alpha value is -3.93. The number of carbonyl (C=O) groups is 1.